The molecule has 1 N–H and O–H groups in total. The molecule has 0 aliphatic carbocycles. The van der Waals surface area contributed by atoms with E-state index in [1.54, 1.807) is 34.6 Å². The number of carbonyl (C=O) groups is 3. The third-order valence-electron chi connectivity index (χ3n) is 7.41. The molecule has 0 saturated carbocycles. The number of fused-ring (bicyclic) bond motifs is 1. The number of aliphatic hydroxyl groups is 1. The molecular formula is C26H39BrN2O5S. The molecule has 0 aromatic carbocycles. The largest absolute Gasteiger partial charge is 0.465 e. The van der Waals surface area contributed by atoms with Crippen LogP contribution in [0.4, 0.5) is 0 Å². The lowest BCUT2D eigenvalue weighted by Gasteiger charge is -2.43. The van der Waals surface area contributed by atoms with Crippen LogP contribution in [0.3, 0.4) is 0 Å². The Morgan fingerprint density at radius 1 is 1.34 bits per heavy atom. The van der Waals surface area contributed by atoms with Crippen LogP contribution in [0.2, 0.25) is 0 Å². The van der Waals surface area contributed by atoms with Crippen molar-refractivity contribution in [3.05, 3.63) is 25.3 Å². The van der Waals surface area contributed by atoms with E-state index in [0.717, 1.165) is 19.3 Å². The molecule has 3 unspecified atom stereocenters. The minimum Gasteiger partial charge on any atom is -0.465 e. The SMILES string of the molecule is C=CCCCCOC(=O)[C@H]1[C@H]2C(=O)N([C@H](C)CO)C(C(=O)N(CC=C)C(C)(C)C)C23CC(Br)[C@@H]1S3. The van der Waals surface area contributed by atoms with Crippen molar-refractivity contribution in [1.29, 1.82) is 0 Å². The molecule has 2 amide bonds. The normalized spacial score (nSPS) is 32.3. The fourth-order valence-corrected chi connectivity index (χ4v) is 9.39. The van der Waals surface area contributed by atoms with E-state index in [0.29, 0.717) is 19.6 Å². The lowest BCUT2D eigenvalue weighted by atomic mass is 9.71. The number of thioether (sulfide) groups is 1. The second-order valence-electron chi connectivity index (χ2n) is 10.8. The van der Waals surface area contributed by atoms with Crippen LogP contribution in [0.15, 0.2) is 25.3 Å². The van der Waals surface area contributed by atoms with Crippen molar-refractivity contribution >= 4 is 45.5 Å². The van der Waals surface area contributed by atoms with Gasteiger partial charge in [0.25, 0.3) is 0 Å². The monoisotopic (exact) mass is 570 g/mol. The standard InChI is InChI=1S/C26H39BrN2O5S/c1-7-9-10-11-13-34-24(33)18-19-22(31)29(16(3)15-30)21(26(19)14-17(27)20(18)35-26)23(32)28(12-8-2)25(4,5)6/h7-8,16-21,30H,1-2,9-15H2,3-6H3/t16-,17?,18+,19+,20+,21?,26?/m1/s1. The Balaban J connectivity index is 1.98. The number of carbonyl (C=O) groups excluding carboxylic acids is 3. The third-order valence-corrected chi connectivity index (χ3v) is 10.6. The fourth-order valence-electron chi connectivity index (χ4n) is 5.81. The quantitative estimate of drug-likeness (QED) is 0.177. The molecule has 3 aliphatic rings. The Labute approximate surface area is 221 Å². The number of aliphatic hydroxyl groups excluding tert-OH is 1. The minimum atomic E-state index is -0.776. The number of hydrogen-bond acceptors (Lipinski definition) is 6. The summed E-state index contributed by atoms with van der Waals surface area (Å²) in [7, 11) is 0. The van der Waals surface area contributed by atoms with Crippen LogP contribution in [-0.2, 0) is 19.1 Å². The highest BCUT2D eigenvalue weighted by atomic mass is 79.9. The maximum absolute atomic E-state index is 14.2. The number of halogens is 1. The van der Waals surface area contributed by atoms with Crippen molar-refractivity contribution in [3.8, 4) is 0 Å². The molecule has 1 spiro atoms. The first-order valence-corrected chi connectivity index (χ1v) is 14.2. The van der Waals surface area contributed by atoms with E-state index < -0.39 is 34.2 Å². The van der Waals surface area contributed by atoms with Gasteiger partial charge in [0.2, 0.25) is 11.8 Å². The second kappa shape index (κ2) is 11.0. The predicted molar refractivity (Wildman–Crippen MR) is 142 cm³/mol. The zero-order valence-corrected chi connectivity index (χ0v) is 23.6. The highest BCUT2D eigenvalue weighted by molar-refractivity contribution is 9.09. The number of amides is 2. The molecule has 2 bridgehead atoms. The topological polar surface area (TPSA) is 87.1 Å². The summed E-state index contributed by atoms with van der Waals surface area (Å²) in [6.07, 6.45) is 6.61. The molecule has 7 atom stereocenters. The van der Waals surface area contributed by atoms with Crippen LogP contribution in [0, 0.1) is 11.8 Å². The Bertz CT molecular complexity index is 861. The van der Waals surface area contributed by atoms with Gasteiger partial charge in [0.05, 0.1) is 35.8 Å². The van der Waals surface area contributed by atoms with Crippen molar-refractivity contribution in [2.45, 2.75) is 85.8 Å². The molecule has 196 valence electrons. The van der Waals surface area contributed by atoms with E-state index in [1.165, 1.54) is 0 Å². The summed E-state index contributed by atoms with van der Waals surface area (Å²) >= 11 is 5.34. The zero-order chi connectivity index (χ0) is 26.1. The highest BCUT2D eigenvalue weighted by Gasteiger charge is 2.76. The van der Waals surface area contributed by atoms with E-state index in [-0.39, 0.29) is 34.5 Å². The summed E-state index contributed by atoms with van der Waals surface area (Å²) in [5.41, 5.74) is -0.490. The number of unbranched alkanes of at least 4 members (excludes halogenated alkanes) is 2. The van der Waals surface area contributed by atoms with Crippen molar-refractivity contribution in [1.82, 2.24) is 9.80 Å². The van der Waals surface area contributed by atoms with Gasteiger partial charge in [0, 0.05) is 22.2 Å². The van der Waals surface area contributed by atoms with Crippen LogP contribution >= 0.6 is 27.7 Å². The summed E-state index contributed by atoms with van der Waals surface area (Å²) in [5, 5.41) is 9.86. The third kappa shape index (κ3) is 4.97. The number of allylic oxidation sites excluding steroid dienone is 1. The van der Waals surface area contributed by atoms with E-state index in [2.05, 4.69) is 29.1 Å². The fraction of sp³-hybridized carbons (Fsp3) is 0.731. The first-order chi connectivity index (χ1) is 16.5. The zero-order valence-electron chi connectivity index (χ0n) is 21.2. The molecule has 3 heterocycles. The molecular weight excluding hydrogens is 532 g/mol. The number of nitrogens with zero attached hydrogens (tertiary/aromatic N) is 2. The molecule has 0 radical (unpaired) electrons. The lowest BCUT2D eigenvalue weighted by Crippen LogP contribution is -2.60. The number of hydrogen-bond donors (Lipinski definition) is 1. The first-order valence-electron chi connectivity index (χ1n) is 12.4. The summed E-state index contributed by atoms with van der Waals surface area (Å²) in [5.74, 6) is -2.05. The molecule has 7 nitrogen and oxygen atoms in total. The maximum Gasteiger partial charge on any atom is 0.310 e. The average Bonchev–Trinajstić information content (AvgIpc) is 3.38. The summed E-state index contributed by atoms with van der Waals surface area (Å²) in [6, 6.07) is -1.33. The average molecular weight is 572 g/mol. The van der Waals surface area contributed by atoms with Crippen LogP contribution in [0.1, 0.15) is 53.4 Å². The number of rotatable bonds is 11. The van der Waals surface area contributed by atoms with Gasteiger partial charge < -0.3 is 19.6 Å². The number of likely N-dealkylation sites (tertiary alicyclic amines) is 1. The molecule has 3 rings (SSSR count). The predicted octanol–water partition coefficient (Wildman–Crippen LogP) is 3.54. The van der Waals surface area contributed by atoms with Crippen LogP contribution in [0.5, 0.6) is 0 Å². The summed E-state index contributed by atoms with van der Waals surface area (Å²) in [6.45, 7) is 15.5. The van der Waals surface area contributed by atoms with Crippen molar-refractivity contribution in [2.75, 3.05) is 19.8 Å². The number of alkyl halides is 1. The molecule has 3 aliphatic heterocycles. The van der Waals surface area contributed by atoms with Gasteiger partial charge in [-0.25, -0.2) is 0 Å². The Hall–Kier alpha value is -1.32. The second-order valence-corrected chi connectivity index (χ2v) is 13.5. The summed E-state index contributed by atoms with van der Waals surface area (Å²) < 4.78 is 4.89. The molecule has 9 heteroatoms. The number of esters is 1. The van der Waals surface area contributed by atoms with Crippen molar-refractivity contribution in [3.63, 3.8) is 0 Å². The maximum atomic E-state index is 14.2. The van der Waals surface area contributed by atoms with Gasteiger partial charge >= 0.3 is 5.97 Å². The van der Waals surface area contributed by atoms with Gasteiger partial charge in [-0.3, -0.25) is 14.4 Å². The molecule has 0 aromatic rings. The van der Waals surface area contributed by atoms with E-state index in [9.17, 15) is 19.5 Å². The van der Waals surface area contributed by atoms with Crippen LogP contribution in [-0.4, -0.2) is 84.9 Å². The van der Waals surface area contributed by atoms with Gasteiger partial charge in [0.1, 0.15) is 6.04 Å². The Morgan fingerprint density at radius 3 is 2.60 bits per heavy atom. The van der Waals surface area contributed by atoms with Gasteiger partial charge in [-0.1, -0.05) is 28.1 Å². The van der Waals surface area contributed by atoms with Crippen molar-refractivity contribution in [2.24, 2.45) is 11.8 Å². The molecule has 3 fully saturated rings. The van der Waals surface area contributed by atoms with Gasteiger partial charge in [-0.15, -0.1) is 24.9 Å². The van der Waals surface area contributed by atoms with Crippen LogP contribution < -0.4 is 0 Å². The van der Waals surface area contributed by atoms with E-state index in [1.807, 2.05) is 26.8 Å². The van der Waals surface area contributed by atoms with Crippen molar-refractivity contribution < 1.29 is 24.2 Å². The van der Waals surface area contributed by atoms with E-state index >= 15 is 0 Å². The van der Waals surface area contributed by atoms with E-state index in [4.69, 9.17) is 4.74 Å². The van der Waals surface area contributed by atoms with Gasteiger partial charge in [-0.05, 0) is 53.4 Å². The molecule has 35 heavy (non-hydrogen) atoms. The smallest absolute Gasteiger partial charge is 0.310 e. The van der Waals surface area contributed by atoms with Gasteiger partial charge in [0.15, 0.2) is 0 Å². The Kier molecular flexibility index (Phi) is 8.86. The number of ether oxygens (including phenoxy) is 1. The minimum absolute atomic E-state index is 0.0166. The lowest BCUT2D eigenvalue weighted by molar-refractivity contribution is -0.154. The Morgan fingerprint density at radius 2 is 2.03 bits per heavy atom. The molecule has 0 aromatic heterocycles. The summed E-state index contributed by atoms with van der Waals surface area (Å²) in [4.78, 5) is 44.7. The van der Waals surface area contributed by atoms with Gasteiger partial charge in [-0.2, -0.15) is 0 Å². The van der Waals surface area contributed by atoms with Crippen LogP contribution in [0.25, 0.3) is 0 Å². The first kappa shape index (κ1) is 28.3. The molecule has 3 saturated heterocycles. The highest BCUT2D eigenvalue weighted by Crippen LogP contribution is 2.68.